The Kier molecular flexibility index (Phi) is 4.28. The van der Waals surface area contributed by atoms with Crippen molar-refractivity contribution in [3.8, 4) is 0 Å². The molecule has 2 aromatic heterocycles. The van der Waals surface area contributed by atoms with Gasteiger partial charge in [0, 0.05) is 18.3 Å². The Morgan fingerprint density at radius 2 is 2.00 bits per heavy atom. The minimum absolute atomic E-state index is 0.129. The molecule has 5 nitrogen and oxygen atoms in total. The van der Waals surface area contributed by atoms with Gasteiger partial charge in [-0.2, -0.15) is 5.10 Å². The van der Waals surface area contributed by atoms with Crippen LogP contribution < -0.4 is 5.32 Å². The van der Waals surface area contributed by atoms with E-state index in [1.165, 1.54) is 5.56 Å². The van der Waals surface area contributed by atoms with E-state index in [0.29, 0.717) is 17.9 Å². The lowest BCUT2D eigenvalue weighted by molar-refractivity contribution is 0.0949. The Hall–Kier alpha value is -2.82. The Balaban J connectivity index is 1.59. The standard InChI is InChI=1S/C18H19N3O2/c1-13-8-17(14(2)23-13)18(22)19-9-16-10-20-21(12-16)11-15-6-4-3-5-7-15/h3-8,10,12H,9,11H2,1-2H3,(H,19,22). The number of amides is 1. The molecule has 0 aliphatic rings. The van der Waals surface area contributed by atoms with Crippen LogP contribution in [0.5, 0.6) is 0 Å². The van der Waals surface area contributed by atoms with E-state index in [1.807, 2.05) is 36.0 Å². The molecule has 1 aromatic carbocycles. The molecule has 3 rings (SSSR count). The first-order chi connectivity index (χ1) is 11.1. The van der Waals surface area contributed by atoms with Crippen molar-refractivity contribution in [2.24, 2.45) is 0 Å². The number of hydrogen-bond donors (Lipinski definition) is 1. The number of carbonyl (C=O) groups excluding carboxylic acids is 1. The van der Waals surface area contributed by atoms with E-state index in [4.69, 9.17) is 4.42 Å². The molecule has 0 aliphatic carbocycles. The normalized spacial score (nSPS) is 10.7. The first-order valence-electron chi connectivity index (χ1n) is 7.52. The van der Waals surface area contributed by atoms with Crippen molar-refractivity contribution in [3.63, 3.8) is 0 Å². The molecule has 0 saturated heterocycles. The van der Waals surface area contributed by atoms with Crippen LogP contribution in [0.25, 0.3) is 0 Å². The predicted octanol–water partition coefficient (Wildman–Crippen LogP) is 3.07. The Labute approximate surface area is 134 Å². The molecule has 0 spiro atoms. The average Bonchev–Trinajstić information content (AvgIpc) is 3.12. The summed E-state index contributed by atoms with van der Waals surface area (Å²) in [5.74, 6) is 1.25. The summed E-state index contributed by atoms with van der Waals surface area (Å²) in [4.78, 5) is 12.2. The number of furan rings is 1. The molecule has 0 saturated carbocycles. The Bertz CT molecular complexity index is 803. The third-order valence-corrected chi connectivity index (χ3v) is 3.61. The minimum atomic E-state index is -0.129. The summed E-state index contributed by atoms with van der Waals surface area (Å²) in [6.07, 6.45) is 3.72. The lowest BCUT2D eigenvalue weighted by Crippen LogP contribution is -2.22. The third-order valence-electron chi connectivity index (χ3n) is 3.61. The SMILES string of the molecule is Cc1cc(C(=O)NCc2cnn(Cc3ccccc3)c2)c(C)o1. The monoisotopic (exact) mass is 309 g/mol. The second kappa shape index (κ2) is 6.52. The molecule has 2 heterocycles. The van der Waals surface area contributed by atoms with Crippen molar-refractivity contribution in [2.45, 2.75) is 26.9 Å². The van der Waals surface area contributed by atoms with Crippen molar-refractivity contribution in [1.82, 2.24) is 15.1 Å². The summed E-state index contributed by atoms with van der Waals surface area (Å²) in [5.41, 5.74) is 2.74. The Morgan fingerprint density at radius 3 is 2.70 bits per heavy atom. The highest BCUT2D eigenvalue weighted by atomic mass is 16.3. The summed E-state index contributed by atoms with van der Waals surface area (Å²) >= 11 is 0. The number of aromatic nitrogens is 2. The van der Waals surface area contributed by atoms with E-state index in [1.54, 1.807) is 19.2 Å². The topological polar surface area (TPSA) is 60.1 Å². The molecule has 23 heavy (non-hydrogen) atoms. The van der Waals surface area contributed by atoms with Crippen LogP contribution in [0.2, 0.25) is 0 Å². The maximum atomic E-state index is 12.2. The van der Waals surface area contributed by atoms with Crippen LogP contribution in [0.4, 0.5) is 0 Å². The fourth-order valence-corrected chi connectivity index (χ4v) is 2.49. The van der Waals surface area contributed by atoms with Crippen molar-refractivity contribution in [1.29, 1.82) is 0 Å². The van der Waals surface area contributed by atoms with Crippen LogP contribution in [0.3, 0.4) is 0 Å². The summed E-state index contributed by atoms with van der Waals surface area (Å²) in [6, 6.07) is 11.9. The number of benzene rings is 1. The number of rotatable bonds is 5. The molecule has 0 fully saturated rings. The van der Waals surface area contributed by atoms with Gasteiger partial charge in [-0.3, -0.25) is 9.48 Å². The maximum absolute atomic E-state index is 12.2. The third kappa shape index (κ3) is 3.69. The second-order valence-corrected chi connectivity index (χ2v) is 5.54. The van der Waals surface area contributed by atoms with Gasteiger partial charge in [-0.25, -0.2) is 0 Å². The highest BCUT2D eigenvalue weighted by Gasteiger charge is 2.13. The molecular weight excluding hydrogens is 290 g/mol. The van der Waals surface area contributed by atoms with Gasteiger partial charge in [0.1, 0.15) is 11.5 Å². The first kappa shape index (κ1) is 15.1. The fraction of sp³-hybridized carbons (Fsp3) is 0.222. The van der Waals surface area contributed by atoms with Crippen LogP contribution in [0.1, 0.15) is 33.0 Å². The van der Waals surface area contributed by atoms with E-state index < -0.39 is 0 Å². The van der Waals surface area contributed by atoms with Gasteiger partial charge in [-0.15, -0.1) is 0 Å². The fourth-order valence-electron chi connectivity index (χ4n) is 2.49. The lowest BCUT2D eigenvalue weighted by atomic mass is 10.2. The highest BCUT2D eigenvalue weighted by Crippen LogP contribution is 2.13. The van der Waals surface area contributed by atoms with Crippen LogP contribution in [-0.4, -0.2) is 15.7 Å². The van der Waals surface area contributed by atoms with Gasteiger partial charge in [-0.05, 0) is 25.5 Å². The number of hydrogen-bond acceptors (Lipinski definition) is 3. The largest absolute Gasteiger partial charge is 0.466 e. The molecule has 3 aromatic rings. The first-order valence-corrected chi connectivity index (χ1v) is 7.52. The van der Waals surface area contributed by atoms with Crippen molar-refractivity contribution < 1.29 is 9.21 Å². The van der Waals surface area contributed by atoms with E-state index in [0.717, 1.165) is 17.9 Å². The minimum Gasteiger partial charge on any atom is -0.466 e. The van der Waals surface area contributed by atoms with E-state index in [2.05, 4.69) is 22.5 Å². The molecule has 0 atom stereocenters. The van der Waals surface area contributed by atoms with Crippen LogP contribution in [0, 0.1) is 13.8 Å². The summed E-state index contributed by atoms with van der Waals surface area (Å²) in [5, 5.41) is 7.23. The quantitative estimate of drug-likeness (QED) is 0.788. The molecule has 1 N–H and O–H groups in total. The van der Waals surface area contributed by atoms with Crippen molar-refractivity contribution >= 4 is 5.91 Å². The van der Waals surface area contributed by atoms with Crippen molar-refractivity contribution in [3.05, 3.63) is 77.0 Å². The predicted molar refractivity (Wildman–Crippen MR) is 87.1 cm³/mol. The molecule has 0 aliphatic heterocycles. The van der Waals surface area contributed by atoms with Crippen LogP contribution in [-0.2, 0) is 13.1 Å². The zero-order chi connectivity index (χ0) is 16.2. The van der Waals surface area contributed by atoms with E-state index >= 15 is 0 Å². The zero-order valence-electron chi connectivity index (χ0n) is 13.2. The number of carbonyl (C=O) groups is 1. The highest BCUT2D eigenvalue weighted by molar-refractivity contribution is 5.95. The molecule has 0 unspecified atom stereocenters. The van der Waals surface area contributed by atoms with E-state index in [-0.39, 0.29) is 5.91 Å². The van der Waals surface area contributed by atoms with Gasteiger partial charge in [0.05, 0.1) is 18.3 Å². The number of nitrogens with one attached hydrogen (secondary N) is 1. The molecule has 0 radical (unpaired) electrons. The molecule has 118 valence electrons. The smallest absolute Gasteiger partial charge is 0.255 e. The van der Waals surface area contributed by atoms with E-state index in [9.17, 15) is 4.79 Å². The Morgan fingerprint density at radius 1 is 1.22 bits per heavy atom. The van der Waals surface area contributed by atoms with Gasteiger partial charge in [-0.1, -0.05) is 30.3 Å². The van der Waals surface area contributed by atoms with Crippen LogP contribution in [0.15, 0.2) is 53.2 Å². The lowest BCUT2D eigenvalue weighted by Gasteiger charge is -2.02. The molecular formula is C18H19N3O2. The zero-order valence-corrected chi connectivity index (χ0v) is 13.2. The number of aryl methyl sites for hydroxylation is 2. The summed E-state index contributed by atoms with van der Waals surface area (Å²) in [6.45, 7) is 4.78. The average molecular weight is 309 g/mol. The number of nitrogens with zero attached hydrogens (tertiary/aromatic N) is 2. The van der Waals surface area contributed by atoms with Gasteiger partial charge in [0.15, 0.2) is 0 Å². The summed E-state index contributed by atoms with van der Waals surface area (Å²) < 4.78 is 7.25. The maximum Gasteiger partial charge on any atom is 0.255 e. The van der Waals surface area contributed by atoms with Gasteiger partial charge >= 0.3 is 0 Å². The van der Waals surface area contributed by atoms with Gasteiger partial charge < -0.3 is 9.73 Å². The van der Waals surface area contributed by atoms with Crippen LogP contribution >= 0.6 is 0 Å². The van der Waals surface area contributed by atoms with Gasteiger partial charge in [0.2, 0.25) is 0 Å². The molecule has 1 amide bonds. The second-order valence-electron chi connectivity index (χ2n) is 5.54. The molecule has 0 bridgehead atoms. The van der Waals surface area contributed by atoms with Gasteiger partial charge in [0.25, 0.3) is 5.91 Å². The van der Waals surface area contributed by atoms with Crippen molar-refractivity contribution in [2.75, 3.05) is 0 Å². The summed E-state index contributed by atoms with van der Waals surface area (Å²) in [7, 11) is 0. The molecule has 5 heteroatoms.